The number of benzene rings is 1. The van der Waals surface area contributed by atoms with Crippen LogP contribution in [0.15, 0.2) is 24.4 Å². The Hall–Kier alpha value is -2.85. The lowest BCUT2D eigenvalue weighted by atomic mass is 10.1. The van der Waals surface area contributed by atoms with Crippen molar-refractivity contribution in [3.8, 4) is 23.7 Å². The minimum atomic E-state index is -3.76. The lowest BCUT2D eigenvalue weighted by Crippen LogP contribution is -2.49. The van der Waals surface area contributed by atoms with Crippen LogP contribution in [0.25, 0.3) is 10.9 Å². The average molecular weight is 429 g/mol. The van der Waals surface area contributed by atoms with Crippen molar-refractivity contribution in [3.63, 3.8) is 0 Å². The van der Waals surface area contributed by atoms with E-state index >= 15 is 0 Å². The van der Waals surface area contributed by atoms with E-state index in [4.69, 9.17) is 10.9 Å². The lowest BCUT2D eigenvalue weighted by Gasteiger charge is -2.25. The van der Waals surface area contributed by atoms with Crippen LogP contribution in [0.2, 0.25) is 0 Å². The van der Waals surface area contributed by atoms with Gasteiger partial charge in [0.1, 0.15) is 0 Å². The minimum Gasteiger partial charge on any atom is -0.329 e. The number of hydrogen-bond donors (Lipinski definition) is 3. The second kappa shape index (κ2) is 8.11. The number of aryl methyl sites for hydroxylation is 1. The van der Waals surface area contributed by atoms with Crippen molar-refractivity contribution >= 4 is 26.6 Å². The quantitative estimate of drug-likeness (QED) is 0.355. The van der Waals surface area contributed by atoms with E-state index in [1.54, 1.807) is 10.9 Å². The fourth-order valence-corrected chi connectivity index (χ4v) is 3.89. The number of rotatable bonds is 6. The molecule has 1 amide bonds. The van der Waals surface area contributed by atoms with Gasteiger partial charge in [0.05, 0.1) is 11.7 Å². The second-order valence-electron chi connectivity index (χ2n) is 7.82. The molecule has 0 bridgehead atoms. The number of nitrogens with two attached hydrogens (primary N) is 1. The van der Waals surface area contributed by atoms with Crippen molar-refractivity contribution in [2.24, 2.45) is 11.1 Å². The average Bonchev–Trinajstić information content (AvgIpc) is 3.39. The molecule has 1 aromatic carbocycles. The Balaban J connectivity index is 1.77. The van der Waals surface area contributed by atoms with E-state index in [-0.39, 0.29) is 18.4 Å². The smallest absolute Gasteiger partial charge is 0.264 e. The number of amides is 1. The number of hydrogen-bond acceptors (Lipinski definition) is 6. The molecule has 2 aromatic rings. The van der Waals surface area contributed by atoms with E-state index in [9.17, 15) is 13.2 Å². The van der Waals surface area contributed by atoms with E-state index < -0.39 is 20.5 Å². The van der Waals surface area contributed by atoms with Gasteiger partial charge in [-0.05, 0) is 56.2 Å². The van der Waals surface area contributed by atoms with E-state index in [1.165, 1.54) is 12.4 Å². The highest BCUT2D eigenvalue weighted by molar-refractivity contribution is 7.92. The topological polar surface area (TPSA) is 127 Å². The molecular formula is C21H24N4O4S. The molecule has 158 valence electrons. The van der Waals surface area contributed by atoms with Crippen LogP contribution in [0.1, 0.15) is 31.7 Å². The van der Waals surface area contributed by atoms with Crippen LogP contribution in [0.5, 0.6) is 0 Å². The van der Waals surface area contributed by atoms with Gasteiger partial charge in [0, 0.05) is 35.7 Å². The summed E-state index contributed by atoms with van der Waals surface area (Å²) < 4.78 is 24.0. The minimum absolute atomic E-state index is 0.0346. The molecule has 1 atom stereocenters. The van der Waals surface area contributed by atoms with Crippen molar-refractivity contribution < 1.29 is 18.4 Å². The first-order valence-corrected chi connectivity index (χ1v) is 11.4. The number of hydroxylamine groups is 1. The van der Waals surface area contributed by atoms with Crippen LogP contribution in [-0.2, 0) is 21.2 Å². The number of sulfone groups is 1. The Morgan fingerprint density at radius 2 is 2.13 bits per heavy atom. The highest BCUT2D eigenvalue weighted by Gasteiger charge is 2.43. The first kappa shape index (κ1) is 21.8. The van der Waals surface area contributed by atoms with Gasteiger partial charge < -0.3 is 5.73 Å². The molecule has 0 radical (unpaired) electrons. The zero-order valence-corrected chi connectivity index (χ0v) is 17.7. The fraction of sp³-hybridized carbons (Fsp3) is 0.429. The molecule has 1 aromatic heterocycles. The van der Waals surface area contributed by atoms with Crippen molar-refractivity contribution in [2.45, 2.75) is 37.5 Å². The SMILES string of the molecule is CC(CCn1ncc2cc(C#CC#CC3(CN)CC3)ccc21)(C(=O)NO)S(C)(=O)=O. The van der Waals surface area contributed by atoms with Crippen LogP contribution in [0.4, 0.5) is 0 Å². The van der Waals surface area contributed by atoms with Crippen molar-refractivity contribution in [2.75, 3.05) is 12.8 Å². The van der Waals surface area contributed by atoms with Crippen molar-refractivity contribution in [1.29, 1.82) is 0 Å². The Morgan fingerprint density at radius 3 is 2.73 bits per heavy atom. The number of nitrogens with one attached hydrogen (secondary N) is 1. The van der Waals surface area contributed by atoms with Crippen molar-refractivity contribution in [3.05, 3.63) is 30.0 Å². The van der Waals surface area contributed by atoms with E-state index in [2.05, 4.69) is 28.8 Å². The maximum atomic E-state index is 12.1. The Bertz CT molecular complexity index is 1210. The molecule has 30 heavy (non-hydrogen) atoms. The standard InChI is InChI=1S/C21H24N4O4S/c1-20(19(26)24-27,30(2,28)29)11-12-25-18-7-6-16(13-17(18)14-23-25)5-3-4-8-21(15-22)9-10-21/h6-7,13-14,27H,9-12,15,22H2,1-2H3,(H,24,26). The highest BCUT2D eigenvalue weighted by Crippen LogP contribution is 2.43. The summed E-state index contributed by atoms with van der Waals surface area (Å²) in [5, 5.41) is 14.1. The number of carbonyl (C=O) groups excluding carboxylic acids is 1. The summed E-state index contributed by atoms with van der Waals surface area (Å²) in [7, 11) is -3.76. The van der Waals surface area contributed by atoms with Gasteiger partial charge in [-0.1, -0.05) is 11.8 Å². The monoisotopic (exact) mass is 428 g/mol. The number of nitrogens with zero attached hydrogens (tertiary/aromatic N) is 2. The normalized spacial score (nSPS) is 16.5. The van der Waals surface area contributed by atoms with Gasteiger partial charge in [0.25, 0.3) is 5.91 Å². The van der Waals surface area contributed by atoms with Gasteiger partial charge in [0.15, 0.2) is 14.6 Å². The van der Waals surface area contributed by atoms with Gasteiger partial charge in [-0.25, -0.2) is 13.9 Å². The summed E-state index contributed by atoms with van der Waals surface area (Å²) in [6.45, 7) is 2.02. The summed E-state index contributed by atoms with van der Waals surface area (Å²) in [4.78, 5) is 12.0. The maximum absolute atomic E-state index is 12.1. The van der Waals surface area contributed by atoms with Gasteiger partial charge in [-0.2, -0.15) is 5.10 Å². The molecule has 1 fully saturated rings. The molecule has 3 rings (SSSR count). The second-order valence-corrected chi connectivity index (χ2v) is 10.3. The predicted molar refractivity (Wildman–Crippen MR) is 113 cm³/mol. The molecule has 0 spiro atoms. The van der Waals surface area contributed by atoms with Gasteiger partial charge >= 0.3 is 0 Å². The molecule has 4 N–H and O–H groups in total. The third-order valence-electron chi connectivity index (χ3n) is 5.68. The summed E-state index contributed by atoms with van der Waals surface area (Å²) in [6.07, 6.45) is 4.64. The third kappa shape index (κ3) is 4.34. The van der Waals surface area contributed by atoms with Crippen LogP contribution < -0.4 is 11.2 Å². The molecule has 1 saturated carbocycles. The molecule has 1 aliphatic carbocycles. The van der Waals surface area contributed by atoms with Crippen molar-refractivity contribution in [1.82, 2.24) is 15.3 Å². The molecule has 1 aliphatic rings. The van der Waals surface area contributed by atoms with Crippen LogP contribution in [0, 0.1) is 29.1 Å². The molecule has 1 heterocycles. The zero-order chi connectivity index (χ0) is 22.0. The van der Waals surface area contributed by atoms with E-state index in [1.807, 2.05) is 18.2 Å². The Kier molecular flexibility index (Phi) is 5.91. The molecule has 1 unspecified atom stereocenters. The van der Waals surface area contributed by atoms with Gasteiger partial charge in [0.2, 0.25) is 0 Å². The van der Waals surface area contributed by atoms with Crippen LogP contribution in [0.3, 0.4) is 0 Å². The first-order chi connectivity index (χ1) is 14.1. The van der Waals surface area contributed by atoms with Gasteiger partial charge in [-0.15, -0.1) is 0 Å². The Morgan fingerprint density at radius 1 is 1.40 bits per heavy atom. The van der Waals surface area contributed by atoms with Crippen LogP contribution >= 0.6 is 0 Å². The molecular weight excluding hydrogens is 404 g/mol. The van der Waals surface area contributed by atoms with E-state index in [0.717, 1.165) is 35.6 Å². The molecule has 0 saturated heterocycles. The summed E-state index contributed by atoms with van der Waals surface area (Å²) in [5.41, 5.74) is 8.68. The Labute approximate surface area is 175 Å². The predicted octanol–water partition coefficient (Wildman–Crippen LogP) is 0.829. The summed E-state index contributed by atoms with van der Waals surface area (Å²) >= 11 is 0. The number of aromatic nitrogens is 2. The zero-order valence-electron chi connectivity index (χ0n) is 16.9. The maximum Gasteiger partial charge on any atom is 0.264 e. The summed E-state index contributed by atoms with van der Waals surface area (Å²) in [6, 6.07) is 5.55. The lowest BCUT2D eigenvalue weighted by molar-refractivity contribution is -0.131. The molecule has 0 aliphatic heterocycles. The largest absolute Gasteiger partial charge is 0.329 e. The van der Waals surface area contributed by atoms with E-state index in [0.29, 0.717) is 6.54 Å². The molecule has 8 nitrogen and oxygen atoms in total. The van der Waals surface area contributed by atoms with Gasteiger partial charge in [-0.3, -0.25) is 14.7 Å². The first-order valence-electron chi connectivity index (χ1n) is 9.47. The highest BCUT2D eigenvalue weighted by atomic mass is 32.2. The van der Waals surface area contributed by atoms with Crippen LogP contribution in [-0.4, -0.2) is 46.9 Å². The number of carbonyl (C=O) groups is 1. The summed E-state index contributed by atoms with van der Waals surface area (Å²) in [5.74, 6) is 10.9. The third-order valence-corrected chi connectivity index (χ3v) is 7.71. The fourth-order valence-electron chi connectivity index (χ4n) is 3.05. The molecule has 9 heteroatoms. The number of fused-ring (bicyclic) bond motifs is 1.